The van der Waals surface area contributed by atoms with Gasteiger partial charge in [0, 0.05) is 35.5 Å². The third-order valence-electron chi connectivity index (χ3n) is 5.95. The Morgan fingerprint density at radius 3 is 2.15 bits per heavy atom. The average Bonchev–Trinajstić information content (AvgIpc) is 3.09. The van der Waals surface area contributed by atoms with Gasteiger partial charge in [-0.15, -0.1) is 0 Å². The van der Waals surface area contributed by atoms with Crippen molar-refractivity contribution in [3.8, 4) is 11.3 Å². The summed E-state index contributed by atoms with van der Waals surface area (Å²) in [5.74, 6) is 0. The van der Waals surface area contributed by atoms with Gasteiger partial charge in [0.2, 0.25) is 0 Å². The van der Waals surface area contributed by atoms with Crippen LogP contribution in [0.4, 0.5) is 26.3 Å². The minimum absolute atomic E-state index is 0.0232. The van der Waals surface area contributed by atoms with Crippen molar-refractivity contribution >= 4 is 10.9 Å². The Hall–Kier alpha value is -2.55. The van der Waals surface area contributed by atoms with Gasteiger partial charge in [0.1, 0.15) is 0 Å². The molecule has 9 heteroatoms. The summed E-state index contributed by atoms with van der Waals surface area (Å²) in [5, 5.41) is 10.1. The Morgan fingerprint density at radius 1 is 0.971 bits per heavy atom. The molecule has 0 unspecified atom stereocenters. The van der Waals surface area contributed by atoms with Gasteiger partial charge in [-0.25, -0.2) is 0 Å². The summed E-state index contributed by atoms with van der Waals surface area (Å²) in [6.45, 7) is 5.54. The highest BCUT2D eigenvalue weighted by Crippen LogP contribution is 2.43. The molecule has 0 amide bonds. The molecule has 0 aliphatic heterocycles. The van der Waals surface area contributed by atoms with E-state index in [0.717, 1.165) is 31.7 Å². The number of rotatable bonds is 8. The van der Waals surface area contributed by atoms with Crippen molar-refractivity contribution < 1.29 is 31.4 Å². The molecule has 0 spiro atoms. The second-order valence-electron chi connectivity index (χ2n) is 8.53. The first-order chi connectivity index (χ1) is 15.9. The Morgan fingerprint density at radius 2 is 1.62 bits per heavy atom. The standard InChI is InChI=1S/C25H28F6N2O/c1-4-6-18(7-5-2)33-14-16(10-11-34)22-21(33)12-15(3)32-23(22)19-9-8-17(24(26,27)28)13-20(19)25(29,30)31/h8-9,12-14,18,34H,4-7,10-11H2,1-3H3. The number of aliphatic hydroxyl groups is 1. The molecule has 0 aliphatic carbocycles. The van der Waals surface area contributed by atoms with E-state index in [1.807, 2.05) is 10.8 Å². The molecular formula is C25H28F6N2O. The van der Waals surface area contributed by atoms with Crippen LogP contribution in [0.15, 0.2) is 30.5 Å². The number of aromatic nitrogens is 2. The van der Waals surface area contributed by atoms with E-state index in [2.05, 4.69) is 18.8 Å². The average molecular weight is 487 g/mol. The maximum absolute atomic E-state index is 13.9. The third-order valence-corrected chi connectivity index (χ3v) is 5.95. The van der Waals surface area contributed by atoms with Crippen molar-refractivity contribution in [1.82, 2.24) is 9.55 Å². The molecule has 0 fully saturated rings. The number of nitrogens with zero attached hydrogens (tertiary/aromatic N) is 2. The van der Waals surface area contributed by atoms with E-state index >= 15 is 0 Å². The lowest BCUT2D eigenvalue weighted by Crippen LogP contribution is -2.12. The van der Waals surface area contributed by atoms with Gasteiger partial charge in [0.15, 0.2) is 0 Å². The van der Waals surface area contributed by atoms with Gasteiger partial charge >= 0.3 is 12.4 Å². The smallest absolute Gasteiger partial charge is 0.396 e. The first-order valence-electron chi connectivity index (χ1n) is 11.3. The summed E-state index contributed by atoms with van der Waals surface area (Å²) in [6.07, 6.45) is -4.34. The van der Waals surface area contributed by atoms with E-state index in [1.54, 1.807) is 13.0 Å². The topological polar surface area (TPSA) is 38.0 Å². The van der Waals surface area contributed by atoms with E-state index in [9.17, 15) is 31.4 Å². The number of benzene rings is 1. The molecule has 1 N–H and O–H groups in total. The van der Waals surface area contributed by atoms with E-state index in [4.69, 9.17) is 0 Å². The number of fused-ring (bicyclic) bond motifs is 1. The number of pyridine rings is 1. The molecule has 34 heavy (non-hydrogen) atoms. The monoisotopic (exact) mass is 486 g/mol. The van der Waals surface area contributed by atoms with Crippen LogP contribution in [0.1, 0.15) is 68.0 Å². The minimum atomic E-state index is -5.01. The van der Waals surface area contributed by atoms with Gasteiger partial charge in [-0.1, -0.05) is 32.8 Å². The Balaban J connectivity index is 2.38. The maximum atomic E-state index is 13.9. The summed E-state index contributed by atoms with van der Waals surface area (Å²) in [5.41, 5.74) is -1.44. The summed E-state index contributed by atoms with van der Waals surface area (Å²) in [7, 11) is 0. The number of halogens is 6. The molecule has 2 heterocycles. The van der Waals surface area contributed by atoms with Crippen molar-refractivity contribution in [2.45, 2.75) is 71.3 Å². The molecule has 3 nitrogen and oxygen atoms in total. The van der Waals surface area contributed by atoms with Gasteiger partial charge in [-0.2, -0.15) is 26.3 Å². The van der Waals surface area contributed by atoms with E-state index in [0.29, 0.717) is 28.2 Å². The van der Waals surface area contributed by atoms with Crippen LogP contribution < -0.4 is 0 Å². The lowest BCUT2D eigenvalue weighted by molar-refractivity contribution is -0.142. The summed E-state index contributed by atoms with van der Waals surface area (Å²) in [6, 6.07) is 3.54. The van der Waals surface area contributed by atoms with Gasteiger partial charge < -0.3 is 9.67 Å². The predicted molar refractivity (Wildman–Crippen MR) is 120 cm³/mol. The van der Waals surface area contributed by atoms with E-state index in [-0.39, 0.29) is 30.8 Å². The van der Waals surface area contributed by atoms with Crippen LogP contribution in [-0.2, 0) is 18.8 Å². The molecule has 0 saturated heterocycles. The fraction of sp³-hybridized carbons (Fsp3) is 0.480. The quantitative estimate of drug-likeness (QED) is 0.331. The zero-order chi connectivity index (χ0) is 25.3. The molecule has 3 aromatic rings. The maximum Gasteiger partial charge on any atom is 0.417 e. The fourth-order valence-corrected chi connectivity index (χ4v) is 4.54. The van der Waals surface area contributed by atoms with Crippen LogP contribution in [0.3, 0.4) is 0 Å². The highest BCUT2D eigenvalue weighted by molar-refractivity contribution is 5.97. The SMILES string of the molecule is CCCC(CCC)n1cc(CCO)c2c(-c3ccc(C(F)(F)F)cc3C(F)(F)F)nc(C)cc21. The first-order valence-corrected chi connectivity index (χ1v) is 11.3. The molecule has 2 aromatic heterocycles. The molecule has 0 atom stereocenters. The van der Waals surface area contributed by atoms with Gasteiger partial charge in [0.25, 0.3) is 0 Å². The molecule has 0 radical (unpaired) electrons. The molecule has 0 aliphatic rings. The highest BCUT2D eigenvalue weighted by Gasteiger charge is 2.39. The minimum Gasteiger partial charge on any atom is -0.396 e. The number of aryl methyl sites for hydroxylation is 1. The lowest BCUT2D eigenvalue weighted by Gasteiger charge is -2.20. The Bertz CT molecular complexity index is 1140. The third kappa shape index (κ3) is 5.24. The van der Waals surface area contributed by atoms with Crippen molar-refractivity contribution in [2.75, 3.05) is 6.61 Å². The Kier molecular flexibility index (Phi) is 7.65. The highest BCUT2D eigenvalue weighted by atomic mass is 19.4. The van der Waals surface area contributed by atoms with Gasteiger partial charge in [-0.05, 0) is 49.9 Å². The predicted octanol–water partition coefficient (Wildman–Crippen LogP) is 7.73. The zero-order valence-corrected chi connectivity index (χ0v) is 19.3. The zero-order valence-electron chi connectivity index (χ0n) is 19.3. The molecule has 186 valence electrons. The number of alkyl halides is 6. The summed E-state index contributed by atoms with van der Waals surface area (Å²) in [4.78, 5) is 4.37. The van der Waals surface area contributed by atoms with Crippen LogP contribution in [0, 0.1) is 6.92 Å². The molecule has 3 rings (SSSR count). The molecular weight excluding hydrogens is 458 g/mol. The fourth-order valence-electron chi connectivity index (χ4n) is 4.54. The number of hydrogen-bond donors (Lipinski definition) is 1. The largest absolute Gasteiger partial charge is 0.417 e. The molecule has 1 aromatic carbocycles. The Labute approximate surface area is 194 Å². The van der Waals surface area contributed by atoms with Crippen molar-refractivity contribution in [1.29, 1.82) is 0 Å². The van der Waals surface area contributed by atoms with Crippen LogP contribution in [0.25, 0.3) is 22.2 Å². The second-order valence-corrected chi connectivity index (χ2v) is 8.53. The molecule has 0 saturated carbocycles. The molecule has 0 bridgehead atoms. The van der Waals surface area contributed by atoms with Crippen LogP contribution in [-0.4, -0.2) is 21.3 Å². The second kappa shape index (κ2) is 9.98. The van der Waals surface area contributed by atoms with Crippen molar-refractivity contribution in [3.05, 3.63) is 52.8 Å². The van der Waals surface area contributed by atoms with E-state index in [1.165, 1.54) is 0 Å². The number of hydrogen-bond acceptors (Lipinski definition) is 2. The van der Waals surface area contributed by atoms with Crippen LogP contribution in [0.2, 0.25) is 0 Å². The van der Waals surface area contributed by atoms with Gasteiger partial charge in [0.05, 0.1) is 22.3 Å². The summed E-state index contributed by atoms with van der Waals surface area (Å²) >= 11 is 0. The van der Waals surface area contributed by atoms with Crippen molar-refractivity contribution in [3.63, 3.8) is 0 Å². The first kappa shape index (κ1) is 26.1. The van der Waals surface area contributed by atoms with Crippen LogP contribution in [0.5, 0.6) is 0 Å². The number of aliphatic hydroxyl groups excluding tert-OH is 1. The normalized spacial score (nSPS) is 12.8. The van der Waals surface area contributed by atoms with E-state index < -0.39 is 29.0 Å². The van der Waals surface area contributed by atoms with Crippen molar-refractivity contribution in [2.24, 2.45) is 0 Å². The van der Waals surface area contributed by atoms with Crippen LogP contribution >= 0.6 is 0 Å². The van der Waals surface area contributed by atoms with Gasteiger partial charge in [-0.3, -0.25) is 4.98 Å². The lowest BCUT2D eigenvalue weighted by atomic mass is 9.96. The summed E-state index contributed by atoms with van der Waals surface area (Å²) < 4.78 is 83.5.